The van der Waals surface area contributed by atoms with Gasteiger partial charge in [0.15, 0.2) is 0 Å². The summed E-state index contributed by atoms with van der Waals surface area (Å²) in [6, 6.07) is 13.5. The lowest BCUT2D eigenvalue weighted by Gasteiger charge is -2.08. The fourth-order valence-corrected chi connectivity index (χ4v) is 2.37. The Labute approximate surface area is 126 Å². The number of benzene rings is 2. The summed E-state index contributed by atoms with van der Waals surface area (Å²) in [6.07, 6.45) is 1.70. The lowest BCUT2D eigenvalue weighted by molar-refractivity contribution is -0.114. The van der Waals surface area contributed by atoms with Crippen molar-refractivity contribution in [1.82, 2.24) is 9.97 Å². The zero-order chi connectivity index (χ0) is 14.8. The molecule has 1 aromatic heterocycles. The van der Waals surface area contributed by atoms with Crippen LogP contribution in [0.15, 0.2) is 48.7 Å². The van der Waals surface area contributed by atoms with Gasteiger partial charge in [-0.15, -0.1) is 0 Å². The molecule has 0 spiro atoms. The molecule has 0 aliphatic heterocycles. The van der Waals surface area contributed by atoms with Gasteiger partial charge in [0.25, 0.3) is 0 Å². The number of nitrogens with zero attached hydrogens (tertiary/aromatic N) is 2. The van der Waals surface area contributed by atoms with E-state index in [9.17, 15) is 4.79 Å². The van der Waals surface area contributed by atoms with E-state index in [4.69, 9.17) is 11.6 Å². The summed E-state index contributed by atoms with van der Waals surface area (Å²) in [6.45, 7) is 1.48. The normalized spacial score (nSPS) is 10.6. The number of nitrogens with one attached hydrogen (secondary N) is 1. The van der Waals surface area contributed by atoms with Gasteiger partial charge in [0.1, 0.15) is 0 Å². The zero-order valence-electron chi connectivity index (χ0n) is 11.3. The van der Waals surface area contributed by atoms with Crippen LogP contribution in [0.2, 0.25) is 5.28 Å². The molecular weight excluding hydrogens is 286 g/mol. The quantitative estimate of drug-likeness (QED) is 0.730. The van der Waals surface area contributed by atoms with E-state index in [2.05, 4.69) is 15.3 Å². The maximum atomic E-state index is 11.2. The molecular formula is C16H12ClN3O. The van der Waals surface area contributed by atoms with Gasteiger partial charge in [-0.3, -0.25) is 4.79 Å². The largest absolute Gasteiger partial charge is 0.326 e. The number of carbonyl (C=O) groups excluding carboxylic acids is 1. The molecule has 3 rings (SSSR count). The molecule has 1 amide bonds. The number of carbonyl (C=O) groups is 1. The molecule has 21 heavy (non-hydrogen) atoms. The van der Waals surface area contributed by atoms with E-state index in [0.717, 1.165) is 27.7 Å². The summed E-state index contributed by atoms with van der Waals surface area (Å²) >= 11 is 5.90. The molecule has 5 heteroatoms. The van der Waals surface area contributed by atoms with Crippen molar-refractivity contribution in [3.8, 4) is 11.1 Å². The van der Waals surface area contributed by atoms with Crippen molar-refractivity contribution in [3.63, 3.8) is 0 Å². The number of rotatable bonds is 2. The number of anilines is 1. The Morgan fingerprint density at radius 2 is 2.00 bits per heavy atom. The first kappa shape index (κ1) is 13.5. The van der Waals surface area contributed by atoms with Crippen LogP contribution in [0, 0.1) is 0 Å². The van der Waals surface area contributed by atoms with E-state index in [-0.39, 0.29) is 11.2 Å². The SMILES string of the molecule is CC(=O)Nc1cccc(-c2cccc3cnc(Cl)nc23)c1. The van der Waals surface area contributed by atoms with E-state index in [1.54, 1.807) is 6.20 Å². The third-order valence-corrected chi connectivity index (χ3v) is 3.26. The van der Waals surface area contributed by atoms with Crippen LogP contribution in [0.5, 0.6) is 0 Å². The summed E-state index contributed by atoms with van der Waals surface area (Å²) < 4.78 is 0. The van der Waals surface area contributed by atoms with Crippen LogP contribution in [-0.4, -0.2) is 15.9 Å². The molecule has 0 aliphatic carbocycles. The number of aromatic nitrogens is 2. The molecule has 0 radical (unpaired) electrons. The Morgan fingerprint density at radius 3 is 2.81 bits per heavy atom. The highest BCUT2D eigenvalue weighted by molar-refractivity contribution is 6.28. The van der Waals surface area contributed by atoms with Crippen molar-refractivity contribution in [2.45, 2.75) is 6.92 Å². The zero-order valence-corrected chi connectivity index (χ0v) is 12.1. The minimum Gasteiger partial charge on any atom is -0.326 e. The third kappa shape index (κ3) is 2.85. The van der Waals surface area contributed by atoms with Crippen LogP contribution in [0.3, 0.4) is 0 Å². The number of hydrogen-bond donors (Lipinski definition) is 1. The van der Waals surface area contributed by atoms with Crippen LogP contribution in [0.25, 0.3) is 22.0 Å². The van der Waals surface area contributed by atoms with Gasteiger partial charge in [-0.1, -0.05) is 30.3 Å². The summed E-state index contributed by atoms with van der Waals surface area (Å²) in [5.74, 6) is -0.101. The number of amides is 1. The predicted octanol–water partition coefficient (Wildman–Crippen LogP) is 3.91. The van der Waals surface area contributed by atoms with Crippen molar-refractivity contribution < 1.29 is 4.79 Å². The van der Waals surface area contributed by atoms with Crippen molar-refractivity contribution in [2.75, 3.05) is 5.32 Å². The fourth-order valence-electron chi connectivity index (χ4n) is 2.23. The first-order chi connectivity index (χ1) is 10.1. The first-order valence-corrected chi connectivity index (χ1v) is 6.80. The summed E-state index contributed by atoms with van der Waals surface area (Å²) in [7, 11) is 0. The highest BCUT2D eigenvalue weighted by Crippen LogP contribution is 2.29. The molecule has 0 atom stereocenters. The van der Waals surface area contributed by atoms with Gasteiger partial charge in [-0.05, 0) is 29.3 Å². The lowest BCUT2D eigenvalue weighted by Crippen LogP contribution is -2.05. The number of para-hydroxylation sites is 1. The van der Waals surface area contributed by atoms with E-state index < -0.39 is 0 Å². The summed E-state index contributed by atoms with van der Waals surface area (Å²) in [5, 5.41) is 3.91. The lowest BCUT2D eigenvalue weighted by atomic mass is 10.0. The molecule has 104 valence electrons. The second-order valence-electron chi connectivity index (χ2n) is 4.64. The Kier molecular flexibility index (Phi) is 3.54. The highest BCUT2D eigenvalue weighted by Gasteiger charge is 2.07. The van der Waals surface area contributed by atoms with Gasteiger partial charge >= 0.3 is 0 Å². The minimum atomic E-state index is -0.101. The van der Waals surface area contributed by atoms with Crippen molar-refractivity contribution >= 4 is 34.1 Å². The molecule has 2 aromatic carbocycles. The molecule has 4 nitrogen and oxygen atoms in total. The number of hydrogen-bond acceptors (Lipinski definition) is 3. The number of fused-ring (bicyclic) bond motifs is 1. The standard InChI is InChI=1S/C16H12ClN3O/c1-10(21)19-13-6-2-4-11(8-13)14-7-3-5-12-9-18-16(17)20-15(12)14/h2-9H,1H3,(H,19,21). The van der Waals surface area contributed by atoms with Crippen molar-refractivity contribution in [3.05, 3.63) is 53.9 Å². The molecule has 0 saturated heterocycles. The third-order valence-electron chi connectivity index (χ3n) is 3.08. The van der Waals surface area contributed by atoms with E-state index >= 15 is 0 Å². The summed E-state index contributed by atoms with van der Waals surface area (Å²) in [5.41, 5.74) is 3.44. The predicted molar refractivity (Wildman–Crippen MR) is 84.3 cm³/mol. The Hall–Kier alpha value is -2.46. The minimum absolute atomic E-state index is 0.101. The van der Waals surface area contributed by atoms with Crippen LogP contribution in [0.1, 0.15) is 6.92 Å². The molecule has 3 aromatic rings. The van der Waals surface area contributed by atoms with Gasteiger partial charge in [0.05, 0.1) is 5.52 Å². The smallest absolute Gasteiger partial charge is 0.222 e. The Bertz CT molecular complexity index is 833. The molecule has 0 bridgehead atoms. The van der Waals surface area contributed by atoms with Crippen LogP contribution in [0.4, 0.5) is 5.69 Å². The molecule has 0 aliphatic rings. The van der Waals surface area contributed by atoms with E-state index in [1.807, 2.05) is 42.5 Å². The monoisotopic (exact) mass is 297 g/mol. The van der Waals surface area contributed by atoms with Crippen molar-refractivity contribution in [1.29, 1.82) is 0 Å². The molecule has 0 saturated carbocycles. The van der Waals surface area contributed by atoms with E-state index in [1.165, 1.54) is 6.92 Å². The maximum absolute atomic E-state index is 11.2. The van der Waals surface area contributed by atoms with Gasteiger partial charge in [-0.25, -0.2) is 9.97 Å². The first-order valence-electron chi connectivity index (χ1n) is 6.43. The average Bonchev–Trinajstić information content (AvgIpc) is 2.46. The van der Waals surface area contributed by atoms with Crippen molar-refractivity contribution in [2.24, 2.45) is 0 Å². The summed E-state index contributed by atoms with van der Waals surface area (Å²) in [4.78, 5) is 19.5. The molecule has 0 unspecified atom stereocenters. The molecule has 1 heterocycles. The van der Waals surface area contributed by atoms with Crippen LogP contribution in [-0.2, 0) is 4.79 Å². The fraction of sp³-hybridized carbons (Fsp3) is 0.0625. The Morgan fingerprint density at radius 1 is 1.19 bits per heavy atom. The van der Waals surface area contributed by atoms with E-state index in [0.29, 0.717) is 0 Å². The van der Waals surface area contributed by atoms with Crippen LogP contribution >= 0.6 is 11.6 Å². The van der Waals surface area contributed by atoms with Crippen LogP contribution < -0.4 is 5.32 Å². The molecule has 0 fully saturated rings. The second-order valence-corrected chi connectivity index (χ2v) is 4.98. The van der Waals surface area contributed by atoms with Gasteiger partial charge < -0.3 is 5.32 Å². The highest BCUT2D eigenvalue weighted by atomic mass is 35.5. The molecule has 1 N–H and O–H groups in total. The maximum Gasteiger partial charge on any atom is 0.222 e. The topological polar surface area (TPSA) is 54.9 Å². The second kappa shape index (κ2) is 5.50. The average molecular weight is 298 g/mol. The van der Waals surface area contributed by atoms with Gasteiger partial charge in [0.2, 0.25) is 11.2 Å². The van der Waals surface area contributed by atoms with Gasteiger partial charge in [-0.2, -0.15) is 0 Å². The van der Waals surface area contributed by atoms with Gasteiger partial charge in [0, 0.05) is 29.8 Å². The Balaban J connectivity index is 2.16. The number of halogens is 1.